The van der Waals surface area contributed by atoms with E-state index in [0.717, 1.165) is 23.7 Å². The minimum absolute atomic E-state index is 0.863. The van der Waals surface area contributed by atoms with Gasteiger partial charge in [0, 0.05) is 0 Å². The number of rotatable bonds is 0. The van der Waals surface area contributed by atoms with Crippen molar-refractivity contribution in [2.75, 3.05) is 0 Å². The molecule has 0 heterocycles. The fourth-order valence-electron chi connectivity index (χ4n) is 3.39. The third-order valence-electron chi connectivity index (χ3n) is 3.89. The van der Waals surface area contributed by atoms with Crippen molar-refractivity contribution in [2.45, 2.75) is 12.8 Å². The predicted octanol–water partition coefficient (Wildman–Crippen LogP) is 2.38. The molecule has 4 aliphatic carbocycles. The van der Waals surface area contributed by atoms with Gasteiger partial charge in [-0.3, -0.25) is 0 Å². The highest BCUT2D eigenvalue weighted by molar-refractivity contribution is 5.39. The van der Waals surface area contributed by atoms with Gasteiger partial charge < -0.3 is 0 Å². The summed E-state index contributed by atoms with van der Waals surface area (Å²) in [6, 6.07) is 0. The molecule has 0 heteroatoms. The van der Waals surface area contributed by atoms with E-state index in [9.17, 15) is 0 Å². The summed E-state index contributed by atoms with van der Waals surface area (Å²) in [6.07, 6.45) is 2.79. The summed E-state index contributed by atoms with van der Waals surface area (Å²) in [6.45, 7) is 8.31. The Kier molecular flexibility index (Phi) is 0.647. The number of hydrogen-bond acceptors (Lipinski definition) is 0. The zero-order valence-electron chi connectivity index (χ0n) is 6.14. The Morgan fingerprint density at radius 1 is 0.800 bits per heavy atom. The lowest BCUT2D eigenvalue weighted by atomic mass is 9.93. The average Bonchev–Trinajstić information content (AvgIpc) is 2.55. The van der Waals surface area contributed by atoms with Crippen molar-refractivity contribution in [2.24, 2.45) is 23.7 Å². The lowest BCUT2D eigenvalue weighted by Gasteiger charge is -2.12. The van der Waals surface area contributed by atoms with Crippen molar-refractivity contribution >= 4 is 0 Å². The van der Waals surface area contributed by atoms with Crippen molar-refractivity contribution in [1.29, 1.82) is 0 Å². The summed E-state index contributed by atoms with van der Waals surface area (Å²) in [5, 5.41) is 0. The lowest BCUT2D eigenvalue weighted by molar-refractivity contribution is 0.457. The van der Waals surface area contributed by atoms with E-state index in [2.05, 4.69) is 13.2 Å². The minimum Gasteiger partial charge on any atom is -0.0993 e. The Labute approximate surface area is 61.6 Å². The van der Waals surface area contributed by atoms with Gasteiger partial charge in [-0.1, -0.05) is 24.3 Å². The van der Waals surface area contributed by atoms with Crippen LogP contribution in [-0.4, -0.2) is 0 Å². The van der Waals surface area contributed by atoms with Crippen LogP contribution in [0.1, 0.15) is 12.8 Å². The molecule has 4 saturated carbocycles. The van der Waals surface area contributed by atoms with Crippen molar-refractivity contribution in [3.63, 3.8) is 0 Å². The van der Waals surface area contributed by atoms with Gasteiger partial charge in [0.25, 0.3) is 0 Å². The molecule has 4 bridgehead atoms. The van der Waals surface area contributed by atoms with Gasteiger partial charge in [-0.25, -0.2) is 0 Å². The summed E-state index contributed by atoms with van der Waals surface area (Å²) in [5.74, 6) is 3.45. The normalized spacial score (nSPS) is 55.6. The van der Waals surface area contributed by atoms with Crippen LogP contribution in [0.2, 0.25) is 0 Å². The number of hydrogen-bond donors (Lipinski definition) is 0. The second kappa shape index (κ2) is 1.25. The van der Waals surface area contributed by atoms with Crippen LogP contribution in [0.3, 0.4) is 0 Å². The molecule has 52 valence electrons. The van der Waals surface area contributed by atoms with Crippen LogP contribution in [-0.2, 0) is 0 Å². The monoisotopic (exact) mass is 132 g/mol. The summed E-state index contributed by atoms with van der Waals surface area (Å²) < 4.78 is 0. The molecule has 0 aliphatic heterocycles. The quantitative estimate of drug-likeness (QED) is 0.444. The van der Waals surface area contributed by atoms with Crippen LogP contribution >= 0.6 is 0 Å². The van der Waals surface area contributed by atoms with Gasteiger partial charge in [-0.2, -0.15) is 0 Å². The van der Waals surface area contributed by atoms with E-state index in [1.807, 2.05) is 0 Å². The highest BCUT2D eigenvalue weighted by Gasteiger charge is 2.57. The van der Waals surface area contributed by atoms with E-state index in [0.29, 0.717) is 0 Å². The van der Waals surface area contributed by atoms with Gasteiger partial charge >= 0.3 is 0 Å². The molecule has 0 saturated heterocycles. The Hall–Kier alpha value is -0.520. The highest BCUT2D eigenvalue weighted by Crippen LogP contribution is 2.67. The highest BCUT2D eigenvalue weighted by atomic mass is 14.6. The molecular weight excluding hydrogens is 120 g/mol. The van der Waals surface area contributed by atoms with Crippen LogP contribution in [0, 0.1) is 23.7 Å². The van der Waals surface area contributed by atoms with E-state index >= 15 is 0 Å². The molecule has 10 heavy (non-hydrogen) atoms. The zero-order valence-corrected chi connectivity index (χ0v) is 6.14. The van der Waals surface area contributed by atoms with E-state index in [-0.39, 0.29) is 0 Å². The van der Waals surface area contributed by atoms with Gasteiger partial charge in [-0.05, 0) is 36.5 Å². The first-order valence-electron chi connectivity index (χ1n) is 4.16. The molecule has 0 spiro atoms. The molecule has 4 rings (SSSR count). The smallest absolute Gasteiger partial charge is 0.0131 e. The Bertz CT molecular complexity index is 190. The van der Waals surface area contributed by atoms with Crippen molar-refractivity contribution in [1.82, 2.24) is 0 Å². The topological polar surface area (TPSA) is 0 Å². The minimum atomic E-state index is 0.863. The molecule has 4 aliphatic rings. The van der Waals surface area contributed by atoms with Crippen molar-refractivity contribution in [3.8, 4) is 0 Å². The largest absolute Gasteiger partial charge is 0.0993 e. The summed E-state index contributed by atoms with van der Waals surface area (Å²) >= 11 is 0. The van der Waals surface area contributed by atoms with E-state index < -0.39 is 0 Å². The molecule has 0 unspecified atom stereocenters. The average molecular weight is 132 g/mol. The van der Waals surface area contributed by atoms with Gasteiger partial charge in [0.15, 0.2) is 0 Å². The molecular formula is C10H12. The molecule has 4 atom stereocenters. The van der Waals surface area contributed by atoms with Gasteiger partial charge in [0.2, 0.25) is 0 Å². The van der Waals surface area contributed by atoms with E-state index in [1.165, 1.54) is 12.8 Å². The van der Waals surface area contributed by atoms with Crippen LogP contribution in [0.5, 0.6) is 0 Å². The zero-order chi connectivity index (χ0) is 6.88. The maximum absolute atomic E-state index is 4.15. The molecule has 0 nitrogen and oxygen atoms in total. The molecule has 0 aromatic heterocycles. The lowest BCUT2D eigenvalue weighted by Crippen LogP contribution is -2.02. The molecule has 0 amide bonds. The molecule has 0 aromatic carbocycles. The van der Waals surface area contributed by atoms with Gasteiger partial charge in [0.05, 0.1) is 0 Å². The first-order chi connectivity index (χ1) is 4.79. The van der Waals surface area contributed by atoms with Crippen LogP contribution in [0.25, 0.3) is 0 Å². The maximum Gasteiger partial charge on any atom is -0.0131 e. The third kappa shape index (κ3) is 0.317. The molecule has 0 aromatic rings. The second-order valence-corrected chi connectivity index (χ2v) is 4.05. The van der Waals surface area contributed by atoms with Crippen LogP contribution in [0.15, 0.2) is 24.3 Å². The van der Waals surface area contributed by atoms with Crippen molar-refractivity contribution < 1.29 is 0 Å². The third-order valence-corrected chi connectivity index (χ3v) is 3.89. The Morgan fingerprint density at radius 2 is 1.10 bits per heavy atom. The van der Waals surface area contributed by atoms with E-state index in [1.54, 1.807) is 11.1 Å². The summed E-state index contributed by atoms with van der Waals surface area (Å²) in [4.78, 5) is 0. The van der Waals surface area contributed by atoms with Gasteiger partial charge in [0.1, 0.15) is 0 Å². The first kappa shape index (κ1) is 5.17. The standard InChI is InChI=1S/C10H12/c1-5-7-3-9-6(2)10(7)4-8(5)9/h7-10H,1-4H2/t7-,8-,9-,10-/m1/s1. The van der Waals surface area contributed by atoms with Crippen LogP contribution < -0.4 is 0 Å². The van der Waals surface area contributed by atoms with E-state index in [4.69, 9.17) is 0 Å². The molecule has 0 N–H and O–H groups in total. The Balaban J connectivity index is 2.20. The van der Waals surface area contributed by atoms with Gasteiger partial charge in [-0.15, -0.1) is 0 Å². The molecule has 0 radical (unpaired) electrons. The maximum atomic E-state index is 4.15. The summed E-state index contributed by atoms with van der Waals surface area (Å²) in [5.41, 5.74) is 3.12. The molecule has 4 fully saturated rings. The first-order valence-corrected chi connectivity index (χ1v) is 4.16. The van der Waals surface area contributed by atoms with Crippen molar-refractivity contribution in [3.05, 3.63) is 24.3 Å². The van der Waals surface area contributed by atoms with Crippen LogP contribution in [0.4, 0.5) is 0 Å². The SMILES string of the molecule is C=C1[C@H]2C[C@@H]3C(=C)[C@H]2C[C@H]13. The second-order valence-electron chi connectivity index (χ2n) is 4.05. The predicted molar refractivity (Wildman–Crippen MR) is 41.5 cm³/mol. The fourth-order valence-corrected chi connectivity index (χ4v) is 3.39. The number of allylic oxidation sites excluding steroid dienone is 2. The summed E-state index contributed by atoms with van der Waals surface area (Å²) in [7, 11) is 0. The fraction of sp³-hybridized carbons (Fsp3) is 0.600. The Morgan fingerprint density at radius 3 is 1.30 bits per heavy atom.